The van der Waals surface area contributed by atoms with E-state index < -0.39 is 10.0 Å². The van der Waals surface area contributed by atoms with Gasteiger partial charge in [-0.2, -0.15) is 5.10 Å². The van der Waals surface area contributed by atoms with Crippen molar-refractivity contribution in [2.75, 3.05) is 10.1 Å². The Kier molecular flexibility index (Phi) is 3.36. The number of aromatic nitrogens is 4. The van der Waals surface area contributed by atoms with Crippen LogP contribution in [0, 0.1) is 6.92 Å². The summed E-state index contributed by atoms with van der Waals surface area (Å²) < 4.78 is 28.0. The molecule has 9 nitrogen and oxygen atoms in total. The normalized spacial score (nSPS) is 11.3. The molecule has 102 valence electrons. The number of sulfonamides is 1. The molecule has 0 amide bonds. The van der Waals surface area contributed by atoms with Crippen molar-refractivity contribution in [3.05, 3.63) is 24.2 Å². The van der Waals surface area contributed by atoms with E-state index in [4.69, 9.17) is 5.84 Å². The van der Waals surface area contributed by atoms with Crippen LogP contribution in [0.3, 0.4) is 0 Å². The lowest BCUT2D eigenvalue weighted by Gasteiger charge is -2.05. The Morgan fingerprint density at radius 2 is 1.95 bits per heavy atom. The fourth-order valence-electron chi connectivity index (χ4n) is 1.34. The van der Waals surface area contributed by atoms with Crippen LogP contribution < -0.4 is 16.0 Å². The van der Waals surface area contributed by atoms with Gasteiger partial charge in [-0.25, -0.2) is 24.2 Å². The van der Waals surface area contributed by atoms with Crippen LogP contribution in [0.1, 0.15) is 5.69 Å². The summed E-state index contributed by atoms with van der Waals surface area (Å²) in [5.41, 5.74) is 3.04. The number of nitrogen functional groups attached to an aromatic ring is 1. The molecule has 19 heavy (non-hydrogen) atoms. The van der Waals surface area contributed by atoms with Gasteiger partial charge in [-0.1, -0.05) is 0 Å². The summed E-state index contributed by atoms with van der Waals surface area (Å²) in [6, 6.07) is 1.62. The van der Waals surface area contributed by atoms with Crippen molar-refractivity contribution in [3.63, 3.8) is 0 Å². The second-order valence-electron chi connectivity index (χ2n) is 3.79. The van der Waals surface area contributed by atoms with Gasteiger partial charge in [0.15, 0.2) is 5.82 Å². The second kappa shape index (κ2) is 4.82. The first-order valence-corrected chi connectivity index (χ1v) is 6.73. The number of rotatable bonds is 4. The largest absolute Gasteiger partial charge is 0.292 e. The molecule has 0 radical (unpaired) electrons. The molecule has 0 aliphatic rings. The Morgan fingerprint density at radius 3 is 2.42 bits per heavy atom. The number of nitrogens with two attached hydrogens (primary N) is 1. The van der Waals surface area contributed by atoms with Crippen molar-refractivity contribution in [1.29, 1.82) is 0 Å². The van der Waals surface area contributed by atoms with Crippen molar-refractivity contribution in [2.45, 2.75) is 11.8 Å². The molecule has 0 aliphatic carbocycles. The zero-order valence-corrected chi connectivity index (χ0v) is 11.1. The van der Waals surface area contributed by atoms with Crippen molar-refractivity contribution in [1.82, 2.24) is 19.7 Å². The highest BCUT2D eigenvalue weighted by molar-refractivity contribution is 7.92. The SMILES string of the molecule is Cc1cc(NS(=O)(=O)c2cnc(NN)nc2)nn1C. The fraction of sp³-hybridized carbons (Fsp3) is 0.222. The average Bonchev–Trinajstić information content (AvgIpc) is 2.67. The summed E-state index contributed by atoms with van der Waals surface area (Å²) in [6.07, 6.45) is 2.31. The molecule has 4 N–H and O–H groups in total. The number of hydrazine groups is 1. The van der Waals surface area contributed by atoms with Crippen LogP contribution in [0.2, 0.25) is 0 Å². The van der Waals surface area contributed by atoms with E-state index >= 15 is 0 Å². The maximum atomic E-state index is 12.0. The lowest BCUT2D eigenvalue weighted by atomic mass is 10.5. The lowest BCUT2D eigenvalue weighted by molar-refractivity contribution is 0.600. The number of hydrogen-bond donors (Lipinski definition) is 3. The third-order valence-electron chi connectivity index (χ3n) is 2.42. The summed E-state index contributed by atoms with van der Waals surface area (Å²) in [4.78, 5) is 7.40. The molecule has 0 fully saturated rings. The number of anilines is 2. The topological polar surface area (TPSA) is 128 Å². The predicted octanol–water partition coefficient (Wildman–Crippen LogP) is -0.395. The van der Waals surface area contributed by atoms with Crippen molar-refractivity contribution < 1.29 is 8.42 Å². The minimum absolute atomic E-state index is 0.0743. The highest BCUT2D eigenvalue weighted by atomic mass is 32.2. The van der Waals surface area contributed by atoms with Crippen LogP contribution in [0.4, 0.5) is 11.8 Å². The summed E-state index contributed by atoms with van der Waals surface area (Å²) in [6.45, 7) is 1.82. The smallest absolute Gasteiger partial charge is 0.266 e. The maximum absolute atomic E-state index is 12.0. The Morgan fingerprint density at radius 1 is 1.32 bits per heavy atom. The van der Waals surface area contributed by atoms with Gasteiger partial charge in [0.1, 0.15) is 4.90 Å². The molecule has 2 aromatic heterocycles. The van der Waals surface area contributed by atoms with Crippen molar-refractivity contribution >= 4 is 21.8 Å². The minimum atomic E-state index is -3.76. The van der Waals surface area contributed by atoms with Gasteiger partial charge in [-0.15, -0.1) is 0 Å². The molecule has 2 aromatic rings. The van der Waals surface area contributed by atoms with Crippen LogP contribution in [0.25, 0.3) is 0 Å². The van der Waals surface area contributed by atoms with Gasteiger partial charge in [0.2, 0.25) is 5.95 Å². The van der Waals surface area contributed by atoms with E-state index in [-0.39, 0.29) is 16.7 Å². The summed E-state index contributed by atoms with van der Waals surface area (Å²) >= 11 is 0. The Bertz CT molecular complexity index is 658. The molecule has 2 heterocycles. The molecule has 10 heteroatoms. The standard InChI is InChI=1S/C9H13N7O2S/c1-6-3-8(14-16(6)2)15-19(17,18)7-4-11-9(13-10)12-5-7/h3-5H,10H2,1-2H3,(H,14,15)(H,11,12,13). The quantitative estimate of drug-likeness (QED) is 0.514. The van der Waals surface area contributed by atoms with Gasteiger partial charge >= 0.3 is 0 Å². The predicted molar refractivity (Wildman–Crippen MR) is 68.6 cm³/mol. The molecular formula is C9H13N7O2S. The van der Waals surface area contributed by atoms with Crippen LogP contribution in [-0.4, -0.2) is 28.2 Å². The van der Waals surface area contributed by atoms with Crippen molar-refractivity contribution in [3.8, 4) is 0 Å². The van der Waals surface area contributed by atoms with Gasteiger partial charge in [0.25, 0.3) is 10.0 Å². The van der Waals surface area contributed by atoms with E-state index in [0.29, 0.717) is 0 Å². The Hall–Kier alpha value is -2.20. The monoisotopic (exact) mass is 283 g/mol. The molecule has 0 unspecified atom stereocenters. The Balaban J connectivity index is 2.26. The van der Waals surface area contributed by atoms with Gasteiger partial charge in [0.05, 0.1) is 12.4 Å². The molecule has 0 bridgehead atoms. The first-order chi connectivity index (χ1) is 8.92. The van der Waals surface area contributed by atoms with Crippen LogP contribution in [-0.2, 0) is 17.1 Å². The number of nitrogens with one attached hydrogen (secondary N) is 2. The first kappa shape index (κ1) is 13.2. The van der Waals surface area contributed by atoms with E-state index in [1.807, 2.05) is 6.92 Å². The van der Waals surface area contributed by atoms with Gasteiger partial charge in [-0.05, 0) is 6.92 Å². The van der Waals surface area contributed by atoms with E-state index in [0.717, 1.165) is 18.1 Å². The van der Waals surface area contributed by atoms with Crippen molar-refractivity contribution in [2.24, 2.45) is 12.9 Å². The van der Waals surface area contributed by atoms with E-state index in [9.17, 15) is 8.42 Å². The zero-order valence-electron chi connectivity index (χ0n) is 10.3. The zero-order chi connectivity index (χ0) is 14.0. The van der Waals surface area contributed by atoms with E-state index in [1.165, 1.54) is 0 Å². The van der Waals surface area contributed by atoms with Crippen LogP contribution in [0.15, 0.2) is 23.4 Å². The Labute approximate surface area is 109 Å². The van der Waals surface area contributed by atoms with Crippen LogP contribution in [0.5, 0.6) is 0 Å². The molecule has 0 atom stereocenters. The minimum Gasteiger partial charge on any atom is -0.292 e. The molecular weight excluding hydrogens is 270 g/mol. The van der Waals surface area contributed by atoms with Gasteiger partial charge in [0, 0.05) is 18.8 Å². The van der Waals surface area contributed by atoms with Crippen LogP contribution >= 0.6 is 0 Å². The highest BCUT2D eigenvalue weighted by Gasteiger charge is 2.17. The average molecular weight is 283 g/mol. The molecule has 0 saturated heterocycles. The molecule has 0 aliphatic heterocycles. The lowest BCUT2D eigenvalue weighted by Crippen LogP contribution is -2.16. The third kappa shape index (κ3) is 2.80. The third-order valence-corrected chi connectivity index (χ3v) is 3.73. The molecule has 2 rings (SSSR count). The second-order valence-corrected chi connectivity index (χ2v) is 5.47. The molecule has 0 spiro atoms. The summed E-state index contributed by atoms with van der Waals surface area (Å²) in [5, 5.41) is 4.01. The van der Waals surface area contributed by atoms with Gasteiger partial charge < -0.3 is 0 Å². The summed E-state index contributed by atoms with van der Waals surface area (Å²) in [7, 11) is -2.04. The molecule has 0 saturated carbocycles. The molecule has 0 aromatic carbocycles. The number of aryl methyl sites for hydroxylation is 2. The maximum Gasteiger partial charge on any atom is 0.266 e. The first-order valence-electron chi connectivity index (χ1n) is 5.24. The number of nitrogens with zero attached hydrogens (tertiary/aromatic N) is 4. The number of hydrogen-bond acceptors (Lipinski definition) is 7. The van der Waals surface area contributed by atoms with Gasteiger partial charge in [-0.3, -0.25) is 14.8 Å². The van der Waals surface area contributed by atoms with E-state index in [1.54, 1.807) is 17.8 Å². The fourth-order valence-corrected chi connectivity index (χ4v) is 2.21. The van der Waals surface area contributed by atoms with E-state index in [2.05, 4.69) is 25.2 Å². The highest BCUT2D eigenvalue weighted by Crippen LogP contribution is 2.14. The summed E-state index contributed by atoms with van der Waals surface area (Å²) in [5.74, 6) is 5.47.